The third-order valence-electron chi connectivity index (χ3n) is 4.37. The third kappa shape index (κ3) is 2.80. The Labute approximate surface area is 120 Å². The largest absolute Gasteiger partial charge is 0.367 e. The summed E-state index contributed by atoms with van der Waals surface area (Å²) in [6.07, 6.45) is 5.11. The number of rotatable bonds is 5. The minimum absolute atomic E-state index is 0.343. The number of nitrogens with one attached hydrogen (secondary N) is 1. The summed E-state index contributed by atoms with van der Waals surface area (Å²) >= 11 is 0. The first-order chi connectivity index (χ1) is 9.65. The van der Waals surface area contributed by atoms with Crippen LogP contribution in [-0.4, -0.2) is 31.1 Å². The molecule has 0 bridgehead atoms. The Morgan fingerprint density at radius 1 is 1.40 bits per heavy atom. The highest BCUT2D eigenvalue weighted by atomic mass is 16.1. The van der Waals surface area contributed by atoms with E-state index in [-0.39, 0.29) is 5.91 Å². The normalized spacial score (nSPS) is 21.9. The second-order valence-corrected chi connectivity index (χ2v) is 6.04. The predicted molar refractivity (Wildman–Crippen MR) is 81.1 cm³/mol. The van der Waals surface area contributed by atoms with E-state index in [9.17, 15) is 4.79 Å². The molecule has 1 aromatic rings. The van der Waals surface area contributed by atoms with Gasteiger partial charge in [-0.15, -0.1) is 0 Å². The first-order valence-electron chi connectivity index (χ1n) is 7.55. The molecular weight excluding hydrogens is 250 g/mol. The van der Waals surface area contributed by atoms with E-state index in [1.165, 1.54) is 31.4 Å². The fourth-order valence-corrected chi connectivity index (χ4v) is 3.10. The zero-order valence-electron chi connectivity index (χ0n) is 12.1. The van der Waals surface area contributed by atoms with Crippen molar-refractivity contribution >= 4 is 11.6 Å². The van der Waals surface area contributed by atoms with Crippen molar-refractivity contribution < 1.29 is 4.79 Å². The summed E-state index contributed by atoms with van der Waals surface area (Å²) in [7, 11) is 0. The Bertz CT molecular complexity index is 504. The number of carbonyl (C=O) groups excluding carboxylic acids is 1. The van der Waals surface area contributed by atoms with Gasteiger partial charge in [-0.1, -0.05) is 0 Å². The van der Waals surface area contributed by atoms with E-state index in [1.54, 1.807) is 0 Å². The van der Waals surface area contributed by atoms with E-state index < -0.39 is 0 Å². The van der Waals surface area contributed by atoms with E-state index >= 15 is 0 Å². The Morgan fingerprint density at radius 3 is 2.75 bits per heavy atom. The maximum Gasteiger partial charge on any atom is 0.248 e. The standard InChI is InChI=1S/C16H23N3O/c1-11-9-14(6-7-15(11)16(17)20)19(13-4-5-13)10-12-3-2-8-18-12/h6-7,9,12-13,18H,2-5,8,10H2,1H3,(H2,17,20). The lowest BCUT2D eigenvalue weighted by Gasteiger charge is -2.28. The van der Waals surface area contributed by atoms with Crippen molar-refractivity contribution in [3.63, 3.8) is 0 Å². The fourth-order valence-electron chi connectivity index (χ4n) is 3.10. The number of primary amides is 1. The van der Waals surface area contributed by atoms with E-state index in [4.69, 9.17) is 5.73 Å². The number of carbonyl (C=O) groups is 1. The van der Waals surface area contributed by atoms with Crippen LogP contribution >= 0.6 is 0 Å². The highest BCUT2D eigenvalue weighted by Crippen LogP contribution is 2.33. The van der Waals surface area contributed by atoms with Crippen LogP contribution in [0.4, 0.5) is 5.69 Å². The average Bonchev–Trinajstić information content (AvgIpc) is 3.12. The number of aryl methyl sites for hydroxylation is 1. The summed E-state index contributed by atoms with van der Waals surface area (Å²) in [5.41, 5.74) is 8.21. The summed E-state index contributed by atoms with van der Waals surface area (Å²) in [5.74, 6) is -0.343. The highest BCUT2D eigenvalue weighted by molar-refractivity contribution is 5.94. The Balaban J connectivity index is 1.80. The molecule has 3 N–H and O–H groups in total. The van der Waals surface area contributed by atoms with Gasteiger partial charge in [0.15, 0.2) is 0 Å². The lowest BCUT2D eigenvalue weighted by Crippen LogP contribution is -2.39. The quantitative estimate of drug-likeness (QED) is 0.860. The summed E-state index contributed by atoms with van der Waals surface area (Å²) in [6, 6.07) is 7.29. The van der Waals surface area contributed by atoms with Gasteiger partial charge in [-0.3, -0.25) is 4.79 Å². The minimum atomic E-state index is -0.343. The average molecular weight is 273 g/mol. The molecule has 1 unspecified atom stereocenters. The van der Waals surface area contributed by atoms with Gasteiger partial charge >= 0.3 is 0 Å². The highest BCUT2D eigenvalue weighted by Gasteiger charge is 2.31. The fraction of sp³-hybridized carbons (Fsp3) is 0.562. The van der Waals surface area contributed by atoms with E-state index in [2.05, 4.69) is 16.3 Å². The van der Waals surface area contributed by atoms with Crippen LogP contribution in [0.3, 0.4) is 0 Å². The summed E-state index contributed by atoms with van der Waals surface area (Å²) in [5, 5.41) is 3.57. The molecule has 108 valence electrons. The molecule has 2 fully saturated rings. The molecule has 3 rings (SSSR count). The number of nitrogens with zero attached hydrogens (tertiary/aromatic N) is 1. The van der Waals surface area contributed by atoms with Crippen molar-refractivity contribution in [2.24, 2.45) is 5.73 Å². The molecule has 1 aliphatic heterocycles. The van der Waals surface area contributed by atoms with Gasteiger partial charge in [0.1, 0.15) is 0 Å². The van der Waals surface area contributed by atoms with Gasteiger partial charge in [0.25, 0.3) is 0 Å². The van der Waals surface area contributed by atoms with Crippen LogP contribution in [0.25, 0.3) is 0 Å². The molecule has 1 aromatic carbocycles. The number of hydrogen-bond acceptors (Lipinski definition) is 3. The van der Waals surface area contributed by atoms with Crippen LogP contribution in [0.2, 0.25) is 0 Å². The molecule has 1 saturated heterocycles. The molecule has 2 aliphatic rings. The van der Waals surface area contributed by atoms with Crippen molar-refractivity contribution in [2.45, 2.75) is 44.7 Å². The van der Waals surface area contributed by atoms with Crippen molar-refractivity contribution in [1.29, 1.82) is 0 Å². The molecule has 1 atom stereocenters. The Morgan fingerprint density at radius 2 is 2.20 bits per heavy atom. The Hall–Kier alpha value is -1.55. The smallest absolute Gasteiger partial charge is 0.248 e. The van der Waals surface area contributed by atoms with Gasteiger partial charge in [-0.05, 0) is 62.9 Å². The summed E-state index contributed by atoms with van der Waals surface area (Å²) < 4.78 is 0. The zero-order chi connectivity index (χ0) is 14.1. The molecule has 0 radical (unpaired) electrons. The maximum atomic E-state index is 11.3. The number of benzene rings is 1. The van der Waals surface area contributed by atoms with Crippen LogP contribution in [0, 0.1) is 6.92 Å². The first-order valence-corrected chi connectivity index (χ1v) is 7.55. The molecule has 1 amide bonds. The van der Waals surface area contributed by atoms with Crippen molar-refractivity contribution in [3.05, 3.63) is 29.3 Å². The van der Waals surface area contributed by atoms with E-state index in [0.717, 1.165) is 18.7 Å². The monoisotopic (exact) mass is 273 g/mol. The van der Waals surface area contributed by atoms with Crippen LogP contribution in [0.5, 0.6) is 0 Å². The molecule has 1 saturated carbocycles. The Kier molecular flexibility index (Phi) is 3.66. The topological polar surface area (TPSA) is 58.4 Å². The number of amides is 1. The van der Waals surface area contributed by atoms with Crippen LogP contribution in [0.15, 0.2) is 18.2 Å². The molecule has 20 heavy (non-hydrogen) atoms. The number of nitrogens with two attached hydrogens (primary N) is 1. The van der Waals surface area contributed by atoms with Gasteiger partial charge in [-0.25, -0.2) is 0 Å². The molecule has 4 heteroatoms. The second-order valence-electron chi connectivity index (χ2n) is 6.04. The maximum absolute atomic E-state index is 11.3. The van der Waals surface area contributed by atoms with Crippen molar-refractivity contribution in [1.82, 2.24) is 5.32 Å². The van der Waals surface area contributed by atoms with Crippen molar-refractivity contribution in [2.75, 3.05) is 18.0 Å². The molecule has 1 aliphatic carbocycles. The van der Waals surface area contributed by atoms with Gasteiger partial charge in [0.05, 0.1) is 0 Å². The molecule has 0 aromatic heterocycles. The van der Waals surface area contributed by atoms with Gasteiger partial charge in [-0.2, -0.15) is 0 Å². The van der Waals surface area contributed by atoms with E-state index in [0.29, 0.717) is 17.6 Å². The second kappa shape index (κ2) is 5.44. The van der Waals surface area contributed by atoms with Crippen LogP contribution in [0.1, 0.15) is 41.6 Å². The zero-order valence-corrected chi connectivity index (χ0v) is 12.1. The molecular formula is C16H23N3O. The third-order valence-corrected chi connectivity index (χ3v) is 4.37. The summed E-state index contributed by atoms with van der Waals surface area (Å²) in [4.78, 5) is 13.8. The predicted octanol–water partition coefficient (Wildman–Crippen LogP) is 1.81. The summed E-state index contributed by atoms with van der Waals surface area (Å²) in [6.45, 7) is 4.17. The lowest BCUT2D eigenvalue weighted by molar-refractivity contribution is 0.1000. The van der Waals surface area contributed by atoms with Crippen LogP contribution < -0.4 is 16.0 Å². The first kappa shape index (κ1) is 13.4. The van der Waals surface area contributed by atoms with Gasteiger partial charge in [0.2, 0.25) is 5.91 Å². The molecule has 1 heterocycles. The molecule has 4 nitrogen and oxygen atoms in total. The number of hydrogen-bond donors (Lipinski definition) is 2. The van der Waals surface area contributed by atoms with Gasteiger partial charge in [0, 0.05) is 29.9 Å². The minimum Gasteiger partial charge on any atom is -0.367 e. The SMILES string of the molecule is Cc1cc(N(CC2CCCN2)C2CC2)ccc1C(N)=O. The van der Waals surface area contributed by atoms with Gasteiger partial charge < -0.3 is 16.0 Å². The molecule has 0 spiro atoms. The van der Waals surface area contributed by atoms with E-state index in [1.807, 2.05) is 19.1 Å². The van der Waals surface area contributed by atoms with Crippen molar-refractivity contribution in [3.8, 4) is 0 Å². The number of anilines is 1. The van der Waals surface area contributed by atoms with Crippen LogP contribution in [-0.2, 0) is 0 Å². The lowest BCUT2D eigenvalue weighted by atomic mass is 10.1.